The number of methoxy groups -OCH3 is 1. The van der Waals surface area contributed by atoms with Crippen molar-refractivity contribution in [1.29, 1.82) is 0 Å². The van der Waals surface area contributed by atoms with Crippen molar-refractivity contribution in [1.82, 2.24) is 9.88 Å². The van der Waals surface area contributed by atoms with Gasteiger partial charge >= 0.3 is 0 Å². The van der Waals surface area contributed by atoms with E-state index in [1.54, 1.807) is 7.11 Å². The highest BCUT2D eigenvalue weighted by molar-refractivity contribution is 5.93. The van der Waals surface area contributed by atoms with E-state index in [0.29, 0.717) is 5.92 Å². The topological polar surface area (TPSA) is 63.4 Å². The molecule has 2 heterocycles. The largest absolute Gasteiger partial charge is 0.497 e. The Hall–Kier alpha value is -3.41. The normalized spacial score (nSPS) is 21.9. The third-order valence-electron chi connectivity index (χ3n) is 8.68. The van der Waals surface area contributed by atoms with Crippen molar-refractivity contribution in [2.24, 2.45) is 23.5 Å². The maximum absolute atomic E-state index is 6.88. The zero-order chi connectivity index (χ0) is 25.9. The Morgan fingerprint density at radius 3 is 2.58 bits per heavy atom. The molecule has 4 aromatic rings. The van der Waals surface area contributed by atoms with E-state index in [9.17, 15) is 0 Å². The molecule has 196 valence electrons. The summed E-state index contributed by atoms with van der Waals surface area (Å²) in [5, 5.41) is 4.87. The molecule has 2 fully saturated rings. The number of likely N-dealkylation sites (tertiary alicyclic amines) is 1. The molecule has 1 saturated heterocycles. The third-order valence-corrected chi connectivity index (χ3v) is 8.68. The number of nitrogens with one attached hydrogen (secondary N) is 1. The number of anilines is 1. The minimum Gasteiger partial charge on any atom is -0.497 e. The number of nitrogens with zero attached hydrogens (tertiary/aromatic N) is 2. The molecule has 0 radical (unpaired) electrons. The Morgan fingerprint density at radius 2 is 1.76 bits per heavy atom. The van der Waals surface area contributed by atoms with Crippen LogP contribution in [0.4, 0.5) is 5.69 Å². The van der Waals surface area contributed by atoms with E-state index in [-0.39, 0.29) is 6.04 Å². The zero-order valence-electron chi connectivity index (χ0n) is 22.2. The van der Waals surface area contributed by atoms with Crippen LogP contribution in [0, 0.1) is 17.8 Å². The molecule has 3 aromatic carbocycles. The molecule has 1 aromatic heterocycles. The Bertz CT molecular complexity index is 1360. The van der Waals surface area contributed by atoms with Crippen LogP contribution in [0.2, 0.25) is 0 Å². The maximum atomic E-state index is 6.88. The number of rotatable bonds is 9. The van der Waals surface area contributed by atoms with Gasteiger partial charge in [0.15, 0.2) is 0 Å². The van der Waals surface area contributed by atoms with Crippen molar-refractivity contribution in [3.63, 3.8) is 0 Å². The number of fused-ring (bicyclic) bond motifs is 2. The molecule has 0 spiro atoms. The molecule has 2 aliphatic rings. The van der Waals surface area contributed by atoms with Gasteiger partial charge in [0.05, 0.1) is 18.3 Å². The highest BCUT2D eigenvalue weighted by atomic mass is 16.5. The summed E-state index contributed by atoms with van der Waals surface area (Å²) in [5.41, 5.74) is 12.4. The van der Waals surface area contributed by atoms with Crippen molar-refractivity contribution in [3.8, 4) is 17.0 Å². The second kappa shape index (κ2) is 11.1. The molecule has 4 unspecified atom stereocenters. The molecule has 1 aliphatic carbocycles. The summed E-state index contributed by atoms with van der Waals surface area (Å²) in [7, 11) is 1.69. The number of hydrogen-bond donors (Lipinski definition) is 2. The highest BCUT2D eigenvalue weighted by Crippen LogP contribution is 2.44. The lowest BCUT2D eigenvalue weighted by atomic mass is 9.86. The molecule has 38 heavy (non-hydrogen) atoms. The number of ether oxygens (including phenoxy) is 1. The fourth-order valence-electron chi connectivity index (χ4n) is 6.72. The van der Waals surface area contributed by atoms with Gasteiger partial charge < -0.3 is 15.8 Å². The van der Waals surface area contributed by atoms with Gasteiger partial charge in [-0.3, -0.25) is 4.90 Å². The molecule has 6 rings (SSSR count). The van der Waals surface area contributed by atoms with Gasteiger partial charge in [-0.15, -0.1) is 0 Å². The smallest absolute Gasteiger partial charge is 0.118 e. The van der Waals surface area contributed by atoms with Crippen LogP contribution in [0.25, 0.3) is 22.2 Å². The lowest BCUT2D eigenvalue weighted by Crippen LogP contribution is -2.36. The van der Waals surface area contributed by atoms with E-state index in [1.165, 1.54) is 31.5 Å². The van der Waals surface area contributed by atoms with Gasteiger partial charge in [0.1, 0.15) is 5.75 Å². The molecule has 0 amide bonds. The van der Waals surface area contributed by atoms with Crippen LogP contribution >= 0.6 is 0 Å². The van der Waals surface area contributed by atoms with E-state index < -0.39 is 0 Å². The van der Waals surface area contributed by atoms with Crippen molar-refractivity contribution >= 4 is 16.6 Å². The fraction of sp³-hybridized carbons (Fsp3) is 0.364. The highest BCUT2D eigenvalue weighted by Gasteiger charge is 2.44. The summed E-state index contributed by atoms with van der Waals surface area (Å²) in [6, 6.07) is 29.7. The van der Waals surface area contributed by atoms with Gasteiger partial charge in [-0.25, -0.2) is 4.98 Å². The third kappa shape index (κ3) is 5.27. The first-order valence-corrected chi connectivity index (χ1v) is 14.0. The molecule has 4 atom stereocenters. The first kappa shape index (κ1) is 24.9. The van der Waals surface area contributed by atoms with Crippen molar-refractivity contribution in [2.45, 2.75) is 31.8 Å². The average Bonchev–Trinajstić information content (AvgIpc) is 3.54. The number of para-hydroxylation sites is 1. The lowest BCUT2D eigenvalue weighted by Gasteiger charge is -2.26. The predicted molar refractivity (Wildman–Crippen MR) is 156 cm³/mol. The van der Waals surface area contributed by atoms with Crippen LogP contribution in [0.5, 0.6) is 5.75 Å². The second-order valence-corrected chi connectivity index (χ2v) is 11.0. The van der Waals surface area contributed by atoms with Crippen LogP contribution in [0.1, 0.15) is 24.8 Å². The summed E-state index contributed by atoms with van der Waals surface area (Å²) in [6.45, 7) is 4.32. The van der Waals surface area contributed by atoms with E-state index in [2.05, 4.69) is 76.9 Å². The Labute approximate surface area is 226 Å². The van der Waals surface area contributed by atoms with Gasteiger partial charge in [0, 0.05) is 48.9 Å². The van der Waals surface area contributed by atoms with E-state index in [1.807, 2.05) is 18.2 Å². The van der Waals surface area contributed by atoms with Gasteiger partial charge in [-0.1, -0.05) is 48.5 Å². The summed E-state index contributed by atoms with van der Waals surface area (Å²) in [5.74, 6) is 3.00. The van der Waals surface area contributed by atoms with Crippen LogP contribution < -0.4 is 15.8 Å². The molecule has 5 heteroatoms. The number of pyridine rings is 1. The Morgan fingerprint density at radius 1 is 0.974 bits per heavy atom. The molecule has 0 bridgehead atoms. The first-order chi connectivity index (χ1) is 18.7. The molecule has 1 saturated carbocycles. The van der Waals surface area contributed by atoms with Crippen LogP contribution in [-0.4, -0.2) is 42.7 Å². The van der Waals surface area contributed by atoms with E-state index in [4.69, 9.17) is 15.5 Å². The number of nitrogens with two attached hydrogens (primary N) is 1. The predicted octanol–water partition coefficient (Wildman–Crippen LogP) is 6.20. The SMILES string of the molecule is COc1ccc(-c2cc(NCCC(N)C3CCC4CN(Cc5ccccc5)CC43)c3ccccc3n2)cc1. The summed E-state index contributed by atoms with van der Waals surface area (Å²) >= 11 is 0. The Balaban J connectivity index is 1.10. The van der Waals surface area contributed by atoms with Crippen molar-refractivity contribution in [3.05, 3.63) is 90.5 Å². The molecule has 5 nitrogen and oxygen atoms in total. The monoisotopic (exact) mass is 506 g/mol. The first-order valence-electron chi connectivity index (χ1n) is 14.0. The molecule has 1 aliphatic heterocycles. The molecular formula is C33H38N4O. The van der Waals surface area contributed by atoms with Gasteiger partial charge in [-0.05, 0) is 79.0 Å². The summed E-state index contributed by atoms with van der Waals surface area (Å²) < 4.78 is 5.33. The Kier molecular flexibility index (Phi) is 7.30. The second-order valence-electron chi connectivity index (χ2n) is 11.0. The molecular weight excluding hydrogens is 468 g/mol. The summed E-state index contributed by atoms with van der Waals surface area (Å²) in [6.07, 6.45) is 3.57. The van der Waals surface area contributed by atoms with Crippen LogP contribution in [-0.2, 0) is 6.54 Å². The van der Waals surface area contributed by atoms with Crippen LogP contribution in [0.3, 0.4) is 0 Å². The van der Waals surface area contributed by atoms with E-state index in [0.717, 1.165) is 64.9 Å². The van der Waals surface area contributed by atoms with E-state index >= 15 is 0 Å². The number of hydrogen-bond acceptors (Lipinski definition) is 5. The van der Waals surface area contributed by atoms with Gasteiger partial charge in [0.25, 0.3) is 0 Å². The standard InChI is InChI=1S/C33H38N4O/c1-38-26-14-11-24(12-15-26)32-19-33(28-9-5-6-10-31(28)36-32)35-18-17-30(34)27-16-13-25-21-37(22-29(25)27)20-23-7-3-2-4-8-23/h2-12,14-15,19,25,27,29-30H,13,16-18,20-22,34H2,1H3,(H,35,36). The zero-order valence-corrected chi connectivity index (χ0v) is 22.2. The van der Waals surface area contributed by atoms with Crippen molar-refractivity contribution in [2.75, 3.05) is 32.1 Å². The summed E-state index contributed by atoms with van der Waals surface area (Å²) in [4.78, 5) is 7.58. The number of benzene rings is 3. The average molecular weight is 507 g/mol. The van der Waals surface area contributed by atoms with Crippen molar-refractivity contribution < 1.29 is 4.74 Å². The van der Waals surface area contributed by atoms with Crippen LogP contribution in [0.15, 0.2) is 84.9 Å². The molecule has 3 N–H and O–H groups in total. The van der Waals surface area contributed by atoms with Gasteiger partial charge in [0.2, 0.25) is 0 Å². The minimum absolute atomic E-state index is 0.225. The van der Waals surface area contributed by atoms with Gasteiger partial charge in [-0.2, -0.15) is 0 Å². The quantitative estimate of drug-likeness (QED) is 0.283. The fourth-order valence-corrected chi connectivity index (χ4v) is 6.72. The lowest BCUT2D eigenvalue weighted by molar-refractivity contribution is 0.260. The maximum Gasteiger partial charge on any atom is 0.118 e. The number of aromatic nitrogens is 1. The minimum atomic E-state index is 0.225.